The molecule has 0 saturated heterocycles. The summed E-state index contributed by atoms with van der Waals surface area (Å²) >= 11 is 0. The molecule has 0 fully saturated rings. The third-order valence-corrected chi connectivity index (χ3v) is 2.66. The van der Waals surface area contributed by atoms with E-state index in [9.17, 15) is 18.0 Å². The molecule has 0 unspecified atom stereocenters. The van der Waals surface area contributed by atoms with Crippen LogP contribution in [0.25, 0.3) is 0 Å². The minimum absolute atomic E-state index is 0.0143. The minimum atomic E-state index is -4.18. The van der Waals surface area contributed by atoms with E-state index < -0.39 is 12.6 Å². The van der Waals surface area contributed by atoms with Crippen LogP contribution in [0.1, 0.15) is 36.5 Å². The summed E-state index contributed by atoms with van der Waals surface area (Å²) in [6, 6.07) is 6.96. The summed E-state index contributed by atoms with van der Waals surface area (Å²) in [7, 11) is 0. The maximum atomic E-state index is 12.0. The van der Waals surface area contributed by atoms with Crippen molar-refractivity contribution in [3.8, 4) is 0 Å². The van der Waals surface area contributed by atoms with Crippen LogP contribution in [0.4, 0.5) is 18.9 Å². The molecule has 0 radical (unpaired) electrons. The van der Waals surface area contributed by atoms with Crippen molar-refractivity contribution in [1.82, 2.24) is 5.32 Å². The van der Waals surface area contributed by atoms with Crippen LogP contribution >= 0.6 is 0 Å². The highest BCUT2D eigenvalue weighted by Gasteiger charge is 2.26. The van der Waals surface area contributed by atoms with E-state index in [2.05, 4.69) is 10.6 Å². The molecule has 6 heteroatoms. The lowest BCUT2D eigenvalue weighted by atomic mass is 10.1. The number of rotatable bonds is 7. The standard InChI is InChI=1S/C14H19F3N2O/c1-2-9-18-12-7-4-3-6-11(12)13(20)19-10-5-8-14(15,16)17/h3-4,6-7,18H,2,5,8-10H2,1H3,(H,19,20). The van der Waals surface area contributed by atoms with Gasteiger partial charge in [-0.3, -0.25) is 4.79 Å². The monoisotopic (exact) mass is 288 g/mol. The van der Waals surface area contributed by atoms with Crippen molar-refractivity contribution in [2.45, 2.75) is 32.4 Å². The van der Waals surface area contributed by atoms with Crippen LogP contribution in [0.3, 0.4) is 0 Å². The number of hydrogen-bond acceptors (Lipinski definition) is 2. The lowest BCUT2D eigenvalue weighted by Gasteiger charge is -2.12. The van der Waals surface area contributed by atoms with E-state index in [0.29, 0.717) is 11.3 Å². The number of benzene rings is 1. The maximum Gasteiger partial charge on any atom is 0.389 e. The van der Waals surface area contributed by atoms with E-state index in [4.69, 9.17) is 0 Å². The van der Waals surface area contributed by atoms with E-state index >= 15 is 0 Å². The molecule has 0 aromatic heterocycles. The first-order chi connectivity index (χ1) is 9.44. The number of hydrogen-bond donors (Lipinski definition) is 2. The molecule has 1 aromatic rings. The van der Waals surface area contributed by atoms with Gasteiger partial charge >= 0.3 is 6.18 Å². The highest BCUT2D eigenvalue weighted by molar-refractivity contribution is 5.99. The van der Waals surface area contributed by atoms with Crippen LogP contribution in [0, 0.1) is 0 Å². The van der Waals surface area contributed by atoms with Crippen molar-refractivity contribution in [2.75, 3.05) is 18.4 Å². The average molecular weight is 288 g/mol. The summed E-state index contributed by atoms with van der Waals surface area (Å²) in [5, 5.41) is 5.63. The molecule has 0 atom stereocenters. The topological polar surface area (TPSA) is 41.1 Å². The van der Waals surface area contributed by atoms with Crippen molar-refractivity contribution in [3.63, 3.8) is 0 Å². The quantitative estimate of drug-likeness (QED) is 0.753. The Hall–Kier alpha value is -1.72. The number of nitrogens with one attached hydrogen (secondary N) is 2. The van der Waals surface area contributed by atoms with Gasteiger partial charge in [0.2, 0.25) is 0 Å². The van der Waals surface area contributed by atoms with Crippen LogP contribution in [-0.2, 0) is 0 Å². The van der Waals surface area contributed by atoms with E-state index in [1.165, 1.54) is 0 Å². The van der Waals surface area contributed by atoms with Gasteiger partial charge in [0.1, 0.15) is 0 Å². The average Bonchev–Trinajstić information content (AvgIpc) is 2.40. The summed E-state index contributed by atoms with van der Waals surface area (Å²) in [6.07, 6.45) is -4.25. The summed E-state index contributed by atoms with van der Waals surface area (Å²) < 4.78 is 36.0. The Balaban J connectivity index is 2.50. The molecular weight excluding hydrogens is 269 g/mol. The highest BCUT2D eigenvalue weighted by atomic mass is 19.4. The first kappa shape index (κ1) is 16.3. The number of carbonyl (C=O) groups excluding carboxylic acids is 1. The molecule has 0 saturated carbocycles. The molecule has 0 aliphatic carbocycles. The summed E-state index contributed by atoms with van der Waals surface area (Å²) in [6.45, 7) is 2.76. The predicted octanol–water partition coefficient (Wildman–Crippen LogP) is 3.58. The zero-order valence-corrected chi connectivity index (χ0v) is 11.4. The van der Waals surface area contributed by atoms with E-state index in [-0.39, 0.29) is 18.9 Å². The van der Waals surface area contributed by atoms with Crippen LogP contribution in [0.15, 0.2) is 24.3 Å². The molecule has 3 nitrogen and oxygen atoms in total. The van der Waals surface area contributed by atoms with Crippen LogP contribution in [0.5, 0.6) is 0 Å². The van der Waals surface area contributed by atoms with E-state index in [0.717, 1.165) is 13.0 Å². The SMILES string of the molecule is CCCNc1ccccc1C(=O)NCCCC(F)(F)F. The molecule has 0 aliphatic heterocycles. The van der Waals surface area contributed by atoms with Gasteiger partial charge in [-0.25, -0.2) is 0 Å². The van der Waals surface area contributed by atoms with E-state index in [1.807, 2.05) is 6.92 Å². The predicted molar refractivity (Wildman–Crippen MR) is 72.8 cm³/mol. The molecule has 2 N–H and O–H groups in total. The molecule has 0 aliphatic rings. The Kier molecular flexibility index (Phi) is 6.35. The first-order valence-corrected chi connectivity index (χ1v) is 6.62. The van der Waals surface area contributed by atoms with Gasteiger partial charge in [0.05, 0.1) is 5.56 Å². The van der Waals surface area contributed by atoms with Crippen molar-refractivity contribution < 1.29 is 18.0 Å². The second-order valence-electron chi connectivity index (χ2n) is 4.45. The Morgan fingerprint density at radius 3 is 2.55 bits per heavy atom. The number of carbonyl (C=O) groups is 1. The van der Waals surface area contributed by atoms with Gasteiger partial charge in [0.15, 0.2) is 0 Å². The normalized spacial score (nSPS) is 11.2. The van der Waals surface area contributed by atoms with Gasteiger partial charge < -0.3 is 10.6 Å². The maximum absolute atomic E-state index is 12.0. The molecule has 0 spiro atoms. The second kappa shape index (κ2) is 7.77. The lowest BCUT2D eigenvalue weighted by molar-refractivity contribution is -0.135. The Morgan fingerprint density at radius 1 is 1.20 bits per heavy atom. The fourth-order valence-corrected chi connectivity index (χ4v) is 1.68. The molecule has 20 heavy (non-hydrogen) atoms. The van der Waals surface area contributed by atoms with Gasteiger partial charge in [-0.2, -0.15) is 13.2 Å². The first-order valence-electron chi connectivity index (χ1n) is 6.62. The minimum Gasteiger partial charge on any atom is -0.384 e. The lowest BCUT2D eigenvalue weighted by Crippen LogP contribution is -2.26. The van der Waals surface area contributed by atoms with Gasteiger partial charge in [-0.15, -0.1) is 0 Å². The zero-order valence-electron chi connectivity index (χ0n) is 11.4. The van der Waals surface area contributed by atoms with E-state index in [1.54, 1.807) is 24.3 Å². The zero-order chi connectivity index (χ0) is 15.0. The molecule has 1 rings (SSSR count). The molecular formula is C14H19F3N2O. The van der Waals surface area contributed by atoms with Crippen molar-refractivity contribution >= 4 is 11.6 Å². The number of anilines is 1. The number of para-hydroxylation sites is 1. The number of amides is 1. The molecule has 0 bridgehead atoms. The van der Waals surface area contributed by atoms with Crippen molar-refractivity contribution in [1.29, 1.82) is 0 Å². The van der Waals surface area contributed by atoms with Crippen LogP contribution in [0.2, 0.25) is 0 Å². The van der Waals surface area contributed by atoms with Crippen LogP contribution < -0.4 is 10.6 Å². The number of halogens is 3. The summed E-state index contributed by atoms with van der Waals surface area (Å²) in [4.78, 5) is 11.9. The van der Waals surface area contributed by atoms with Gasteiger partial charge in [0, 0.05) is 25.2 Å². The van der Waals surface area contributed by atoms with Crippen LogP contribution in [-0.4, -0.2) is 25.2 Å². The Bertz CT molecular complexity index is 433. The second-order valence-corrected chi connectivity index (χ2v) is 4.45. The summed E-state index contributed by atoms with van der Waals surface area (Å²) in [5.41, 5.74) is 1.15. The largest absolute Gasteiger partial charge is 0.389 e. The molecule has 1 aromatic carbocycles. The van der Waals surface area contributed by atoms with Crippen molar-refractivity contribution in [2.24, 2.45) is 0 Å². The fraction of sp³-hybridized carbons (Fsp3) is 0.500. The Labute approximate surface area is 116 Å². The third-order valence-electron chi connectivity index (χ3n) is 2.66. The molecule has 1 amide bonds. The van der Waals surface area contributed by atoms with Gasteiger partial charge in [-0.05, 0) is 25.0 Å². The third kappa shape index (κ3) is 5.95. The fourth-order valence-electron chi connectivity index (χ4n) is 1.68. The molecule has 0 heterocycles. The Morgan fingerprint density at radius 2 is 1.90 bits per heavy atom. The van der Waals surface area contributed by atoms with Gasteiger partial charge in [-0.1, -0.05) is 19.1 Å². The highest BCUT2D eigenvalue weighted by Crippen LogP contribution is 2.21. The summed E-state index contributed by atoms with van der Waals surface area (Å²) in [5.74, 6) is -0.355. The molecule has 112 valence electrons. The van der Waals surface area contributed by atoms with Crippen molar-refractivity contribution in [3.05, 3.63) is 29.8 Å². The van der Waals surface area contributed by atoms with Gasteiger partial charge in [0.25, 0.3) is 5.91 Å². The number of alkyl halides is 3. The smallest absolute Gasteiger partial charge is 0.384 e.